The van der Waals surface area contributed by atoms with Gasteiger partial charge >= 0.3 is 0 Å². The molecule has 0 spiro atoms. The first-order valence-corrected chi connectivity index (χ1v) is 11.9. The van der Waals surface area contributed by atoms with E-state index < -0.39 is 9.84 Å². The molecule has 0 aliphatic heterocycles. The Bertz CT molecular complexity index is 1280. The van der Waals surface area contributed by atoms with Crippen LogP contribution >= 0.6 is 23.2 Å². The molecular weight excluding hydrogens is 459 g/mol. The SMILES string of the molecule is Cn1cc(C(CC(c2ccc(S(C)(=O)=O)cc2)c2cc(Cl)cc(Cl)c2)=NO)ccc1=O. The first-order valence-electron chi connectivity index (χ1n) is 9.22. The molecule has 1 aromatic heterocycles. The summed E-state index contributed by atoms with van der Waals surface area (Å²) >= 11 is 12.4. The molecular formula is C22H20Cl2N2O4S. The summed E-state index contributed by atoms with van der Waals surface area (Å²) in [4.78, 5) is 11.9. The summed E-state index contributed by atoms with van der Waals surface area (Å²) < 4.78 is 25.0. The second kappa shape index (κ2) is 9.26. The standard InChI is InChI=1S/C22H20Cl2N2O4S/c1-26-13-15(5-8-22(26)27)21(25-28)12-20(16-9-17(23)11-18(24)10-16)14-3-6-19(7-4-14)31(2,29)30/h3-11,13,20,28H,12H2,1-2H3. The molecule has 0 amide bonds. The first kappa shape index (κ1) is 23.1. The molecule has 162 valence electrons. The van der Waals surface area contributed by atoms with Crippen LogP contribution in [0.5, 0.6) is 0 Å². The lowest BCUT2D eigenvalue weighted by molar-refractivity contribution is 0.317. The molecule has 6 nitrogen and oxygen atoms in total. The van der Waals surface area contributed by atoms with Crippen molar-refractivity contribution in [3.05, 3.63) is 97.9 Å². The molecule has 0 radical (unpaired) electrons. The minimum atomic E-state index is -3.34. The molecule has 0 bridgehead atoms. The van der Waals surface area contributed by atoms with E-state index in [9.17, 15) is 18.4 Å². The molecule has 1 N–H and O–H groups in total. The van der Waals surface area contributed by atoms with Crippen LogP contribution in [0.3, 0.4) is 0 Å². The van der Waals surface area contributed by atoms with Crippen LogP contribution in [0, 0.1) is 0 Å². The Morgan fingerprint density at radius 2 is 1.65 bits per heavy atom. The summed E-state index contributed by atoms with van der Waals surface area (Å²) in [6.45, 7) is 0. The summed E-state index contributed by atoms with van der Waals surface area (Å²) in [6, 6.07) is 14.6. The smallest absolute Gasteiger partial charge is 0.250 e. The normalized spacial score (nSPS) is 13.2. The quantitative estimate of drug-likeness (QED) is 0.321. The maximum absolute atomic E-state index is 11.8. The molecule has 2 aromatic carbocycles. The van der Waals surface area contributed by atoms with E-state index in [0.29, 0.717) is 21.3 Å². The number of hydrogen-bond donors (Lipinski definition) is 1. The maximum Gasteiger partial charge on any atom is 0.250 e. The van der Waals surface area contributed by atoms with Gasteiger partial charge in [0.25, 0.3) is 0 Å². The number of pyridine rings is 1. The predicted octanol–water partition coefficient (Wildman–Crippen LogP) is 4.50. The first-order chi connectivity index (χ1) is 14.6. The van der Waals surface area contributed by atoms with Crippen molar-refractivity contribution in [1.29, 1.82) is 0 Å². The molecule has 1 unspecified atom stereocenters. The molecule has 3 aromatic rings. The van der Waals surface area contributed by atoms with Gasteiger partial charge in [-0.3, -0.25) is 4.79 Å². The molecule has 0 saturated heterocycles. The molecule has 31 heavy (non-hydrogen) atoms. The van der Waals surface area contributed by atoms with Crippen molar-refractivity contribution in [2.75, 3.05) is 6.26 Å². The van der Waals surface area contributed by atoms with Crippen LogP contribution in [0.4, 0.5) is 0 Å². The van der Waals surface area contributed by atoms with Gasteiger partial charge in [0.15, 0.2) is 9.84 Å². The number of aryl methyl sites for hydroxylation is 1. The fourth-order valence-corrected chi connectivity index (χ4v) is 4.50. The number of halogens is 2. The van der Waals surface area contributed by atoms with Crippen molar-refractivity contribution in [3.63, 3.8) is 0 Å². The van der Waals surface area contributed by atoms with Crippen LogP contribution in [-0.4, -0.2) is 30.2 Å². The summed E-state index contributed by atoms with van der Waals surface area (Å²) in [6.07, 6.45) is 2.99. The Labute approximate surface area is 190 Å². The Hall–Kier alpha value is -2.61. The van der Waals surface area contributed by atoms with Gasteiger partial charge in [0, 0.05) is 53.5 Å². The fraction of sp³-hybridized carbons (Fsp3) is 0.182. The lowest BCUT2D eigenvalue weighted by atomic mass is 9.85. The third-order valence-corrected chi connectivity index (χ3v) is 6.50. The van der Waals surface area contributed by atoms with Crippen molar-refractivity contribution in [3.8, 4) is 0 Å². The Morgan fingerprint density at radius 1 is 1.03 bits per heavy atom. The van der Waals surface area contributed by atoms with Gasteiger partial charge < -0.3 is 9.77 Å². The Kier molecular flexibility index (Phi) is 6.89. The number of oxime groups is 1. The van der Waals surface area contributed by atoms with Gasteiger partial charge in [-0.25, -0.2) is 8.42 Å². The summed E-state index contributed by atoms with van der Waals surface area (Å²) in [7, 11) is -1.73. The molecule has 9 heteroatoms. The Balaban J connectivity index is 2.09. The highest BCUT2D eigenvalue weighted by Gasteiger charge is 2.21. The second-order valence-corrected chi connectivity index (χ2v) is 10.1. The molecule has 0 aliphatic rings. The van der Waals surface area contributed by atoms with Crippen LogP contribution in [0.15, 0.2) is 75.6 Å². The highest BCUT2D eigenvalue weighted by Crippen LogP contribution is 2.33. The molecule has 3 rings (SSSR count). The highest BCUT2D eigenvalue weighted by molar-refractivity contribution is 7.90. The zero-order chi connectivity index (χ0) is 22.8. The van der Waals surface area contributed by atoms with Gasteiger partial charge in [-0.1, -0.05) is 40.5 Å². The zero-order valence-corrected chi connectivity index (χ0v) is 19.1. The van der Waals surface area contributed by atoms with Crippen molar-refractivity contribution >= 4 is 38.8 Å². The molecule has 1 atom stereocenters. The van der Waals surface area contributed by atoms with Crippen molar-refractivity contribution in [1.82, 2.24) is 4.57 Å². The van der Waals surface area contributed by atoms with Crippen LogP contribution in [-0.2, 0) is 16.9 Å². The summed E-state index contributed by atoms with van der Waals surface area (Å²) in [5.74, 6) is -0.340. The second-order valence-electron chi connectivity index (χ2n) is 7.21. The molecule has 1 heterocycles. The molecule has 0 saturated carbocycles. The Morgan fingerprint density at radius 3 is 2.16 bits per heavy atom. The van der Waals surface area contributed by atoms with Gasteiger partial charge in [-0.2, -0.15) is 0 Å². The van der Waals surface area contributed by atoms with E-state index in [1.54, 1.807) is 49.6 Å². The molecule has 0 fully saturated rings. The van der Waals surface area contributed by atoms with E-state index in [2.05, 4.69) is 5.16 Å². The number of sulfone groups is 1. The van der Waals surface area contributed by atoms with Crippen LogP contribution in [0.25, 0.3) is 0 Å². The number of aromatic nitrogens is 1. The minimum Gasteiger partial charge on any atom is -0.411 e. The highest BCUT2D eigenvalue weighted by atomic mass is 35.5. The fourth-order valence-electron chi connectivity index (χ4n) is 3.33. The van der Waals surface area contributed by atoms with Gasteiger partial charge in [-0.05, 0) is 47.5 Å². The number of hydrogen-bond acceptors (Lipinski definition) is 5. The monoisotopic (exact) mass is 478 g/mol. The maximum atomic E-state index is 11.8. The predicted molar refractivity (Wildman–Crippen MR) is 122 cm³/mol. The topological polar surface area (TPSA) is 88.7 Å². The lowest BCUT2D eigenvalue weighted by Gasteiger charge is -2.20. The zero-order valence-electron chi connectivity index (χ0n) is 16.8. The van der Waals surface area contributed by atoms with E-state index >= 15 is 0 Å². The minimum absolute atomic E-state index is 0.185. The third-order valence-electron chi connectivity index (χ3n) is 4.94. The number of benzene rings is 2. The number of rotatable bonds is 6. The lowest BCUT2D eigenvalue weighted by Crippen LogP contribution is -2.18. The largest absolute Gasteiger partial charge is 0.411 e. The summed E-state index contributed by atoms with van der Waals surface area (Å²) in [5, 5.41) is 14.1. The summed E-state index contributed by atoms with van der Waals surface area (Å²) in [5.41, 5.74) is 2.31. The number of nitrogens with zero attached hydrogens (tertiary/aromatic N) is 2. The van der Waals surface area contributed by atoms with Crippen molar-refractivity contribution in [2.24, 2.45) is 12.2 Å². The van der Waals surface area contributed by atoms with E-state index in [4.69, 9.17) is 23.2 Å². The average molecular weight is 479 g/mol. The van der Waals surface area contributed by atoms with Gasteiger partial charge in [0.1, 0.15) is 0 Å². The van der Waals surface area contributed by atoms with Crippen molar-refractivity contribution < 1.29 is 13.6 Å². The molecule has 0 aliphatic carbocycles. The third kappa shape index (κ3) is 5.55. The van der Waals surface area contributed by atoms with E-state index in [1.165, 1.54) is 22.8 Å². The van der Waals surface area contributed by atoms with Crippen LogP contribution in [0.2, 0.25) is 10.0 Å². The van der Waals surface area contributed by atoms with Gasteiger partial charge in [-0.15, -0.1) is 0 Å². The van der Waals surface area contributed by atoms with E-state index in [-0.39, 0.29) is 22.8 Å². The van der Waals surface area contributed by atoms with E-state index in [1.807, 2.05) is 0 Å². The van der Waals surface area contributed by atoms with E-state index in [0.717, 1.165) is 17.4 Å². The van der Waals surface area contributed by atoms with Crippen LogP contribution < -0.4 is 5.56 Å². The van der Waals surface area contributed by atoms with Gasteiger partial charge in [0.05, 0.1) is 10.6 Å². The van der Waals surface area contributed by atoms with Crippen LogP contribution in [0.1, 0.15) is 29.0 Å². The average Bonchev–Trinajstić information content (AvgIpc) is 2.70. The van der Waals surface area contributed by atoms with Gasteiger partial charge in [0.2, 0.25) is 5.56 Å². The van der Waals surface area contributed by atoms with Crippen molar-refractivity contribution in [2.45, 2.75) is 17.2 Å².